The Morgan fingerprint density at radius 2 is 2.19 bits per heavy atom. The summed E-state index contributed by atoms with van der Waals surface area (Å²) >= 11 is 4.52. The summed E-state index contributed by atoms with van der Waals surface area (Å²) in [4.78, 5) is 43.4. The lowest BCUT2D eigenvalue weighted by atomic mass is 10.2. The molecule has 32 heavy (non-hydrogen) atoms. The van der Waals surface area contributed by atoms with Gasteiger partial charge in [0.2, 0.25) is 5.82 Å². The molecule has 1 fully saturated rings. The number of carbonyl (C=O) groups is 1. The number of nitrogens with two attached hydrogens (primary N) is 1. The van der Waals surface area contributed by atoms with Crippen LogP contribution in [0.4, 0.5) is 5.82 Å². The maximum absolute atomic E-state index is 12.2. The number of hydrogen-bond donors (Lipinski definition) is 4. The molecule has 0 aromatic carbocycles. The van der Waals surface area contributed by atoms with Crippen molar-refractivity contribution in [1.82, 2.24) is 19.5 Å². The van der Waals surface area contributed by atoms with E-state index in [-0.39, 0.29) is 29.1 Å². The fourth-order valence-corrected chi connectivity index (χ4v) is 4.17. The van der Waals surface area contributed by atoms with Crippen LogP contribution in [0.15, 0.2) is 6.33 Å². The lowest BCUT2D eigenvalue weighted by Gasteiger charge is -2.25. The van der Waals surface area contributed by atoms with E-state index in [0.29, 0.717) is 11.9 Å². The number of imidazole rings is 1. The molecular formula is C17H23N6O7PS. The van der Waals surface area contributed by atoms with Crippen LogP contribution in [0.1, 0.15) is 39.2 Å². The molecule has 15 heteroatoms. The predicted octanol–water partition coefficient (Wildman–Crippen LogP) is 0.728. The van der Waals surface area contributed by atoms with Crippen LogP contribution >= 0.6 is 20.2 Å². The molecule has 1 saturated heterocycles. The Bertz CT molecular complexity index is 1110. The highest BCUT2D eigenvalue weighted by atomic mass is 32.1. The van der Waals surface area contributed by atoms with Crippen LogP contribution in [-0.4, -0.2) is 64.7 Å². The number of anilines is 1. The van der Waals surface area contributed by atoms with Gasteiger partial charge in [0, 0.05) is 5.25 Å². The minimum atomic E-state index is -4.95. The normalized spacial score (nSPS) is 22.6. The van der Waals surface area contributed by atoms with Crippen molar-refractivity contribution in [3.8, 4) is 6.07 Å². The quantitative estimate of drug-likeness (QED) is 0.254. The van der Waals surface area contributed by atoms with Crippen LogP contribution in [0.5, 0.6) is 0 Å². The first-order chi connectivity index (χ1) is 14.8. The minimum Gasteiger partial charge on any atom is -0.458 e. The first-order valence-corrected chi connectivity index (χ1v) is 11.6. The van der Waals surface area contributed by atoms with E-state index >= 15 is 0 Å². The highest BCUT2D eigenvalue weighted by Crippen LogP contribution is 2.44. The number of nitriles is 1. The van der Waals surface area contributed by atoms with E-state index < -0.39 is 37.3 Å². The third kappa shape index (κ3) is 5.37. The molecule has 174 valence electrons. The first kappa shape index (κ1) is 24.4. The van der Waals surface area contributed by atoms with Crippen molar-refractivity contribution in [2.24, 2.45) is 0 Å². The Balaban J connectivity index is 1.75. The average Bonchev–Trinajstić information content (AvgIpc) is 3.22. The summed E-state index contributed by atoms with van der Waals surface area (Å²) in [6.45, 7) is 4.42. The molecule has 4 N–H and O–H groups in total. The second-order valence-corrected chi connectivity index (χ2v) is 10.4. The van der Waals surface area contributed by atoms with E-state index in [0.717, 1.165) is 0 Å². The third-order valence-electron chi connectivity index (χ3n) is 4.34. The molecule has 3 rings (SSSR count). The molecule has 0 radical (unpaired) electrons. The second kappa shape index (κ2) is 8.93. The number of nitrogen functional groups attached to an aromatic ring is 1. The highest BCUT2D eigenvalue weighted by molar-refractivity contribution is 7.81. The van der Waals surface area contributed by atoms with E-state index in [1.165, 1.54) is 6.33 Å². The predicted molar refractivity (Wildman–Crippen MR) is 113 cm³/mol. The number of aromatic nitrogens is 4. The highest BCUT2D eigenvalue weighted by Gasteiger charge is 2.42. The van der Waals surface area contributed by atoms with Gasteiger partial charge in [0.05, 0.1) is 19.0 Å². The van der Waals surface area contributed by atoms with Gasteiger partial charge < -0.3 is 29.7 Å². The van der Waals surface area contributed by atoms with Crippen LogP contribution in [-0.2, 0) is 23.6 Å². The lowest BCUT2D eigenvalue weighted by molar-refractivity contribution is -0.165. The Morgan fingerprint density at radius 1 is 1.50 bits per heavy atom. The Labute approximate surface area is 188 Å². The van der Waals surface area contributed by atoms with Crippen molar-refractivity contribution in [3.63, 3.8) is 0 Å². The monoisotopic (exact) mass is 486 g/mol. The molecule has 2 aromatic rings. The Hall–Kier alpha value is -2.27. The van der Waals surface area contributed by atoms with Crippen molar-refractivity contribution >= 4 is 43.2 Å². The maximum Gasteiger partial charge on any atom is 0.365 e. The summed E-state index contributed by atoms with van der Waals surface area (Å²) in [6, 6.07) is 1.82. The summed E-state index contributed by atoms with van der Waals surface area (Å²) in [5.74, 6) is -3.34. The van der Waals surface area contributed by atoms with Crippen molar-refractivity contribution in [2.75, 3.05) is 12.3 Å². The zero-order valence-corrected chi connectivity index (χ0v) is 19.2. The largest absolute Gasteiger partial charge is 0.458 e. The SMILES string of the molecule is CC(C)(C)OC(=O)C(OCC1CC(S)C(n2cnc3c(N)nc(C#N)nc32)O1)P(=O)(O)O. The summed E-state index contributed by atoms with van der Waals surface area (Å²) < 4.78 is 29.5. The summed E-state index contributed by atoms with van der Waals surface area (Å²) in [5.41, 5.74) is 5.44. The molecule has 0 saturated carbocycles. The fraction of sp³-hybridized carbons (Fsp3) is 0.588. The van der Waals surface area contributed by atoms with Gasteiger partial charge in [0.25, 0.3) is 5.85 Å². The molecule has 0 bridgehead atoms. The van der Waals surface area contributed by atoms with Gasteiger partial charge in [-0.15, -0.1) is 0 Å². The molecule has 13 nitrogen and oxygen atoms in total. The van der Waals surface area contributed by atoms with Crippen LogP contribution in [0.2, 0.25) is 0 Å². The minimum absolute atomic E-state index is 0.0424. The molecule has 4 unspecified atom stereocenters. The number of fused-ring (bicyclic) bond motifs is 1. The summed E-state index contributed by atoms with van der Waals surface area (Å²) in [5, 5.41) is 8.71. The standard InChI is InChI=1S/C17H23N6O7PS/c1-17(2,3)30-15(24)16(31(25,26)27)28-6-8-4-9(32)14(29-8)23-7-20-11-12(19)21-10(5-18)22-13(11)23/h7-9,14,16,32H,4,6H2,1-3H3,(H2,19,21,22)(H2,25,26,27). The average molecular weight is 486 g/mol. The van der Waals surface area contributed by atoms with Crippen molar-refractivity contribution in [2.45, 2.75) is 56.2 Å². The molecule has 0 amide bonds. The molecule has 1 aliphatic heterocycles. The number of rotatable bonds is 6. The number of nitrogens with zero attached hydrogens (tertiary/aromatic N) is 5. The number of carbonyl (C=O) groups excluding carboxylic acids is 1. The topological polar surface area (TPSA) is 196 Å². The number of hydrogen-bond acceptors (Lipinski definition) is 11. The van der Waals surface area contributed by atoms with Crippen molar-refractivity contribution in [3.05, 3.63) is 12.2 Å². The van der Waals surface area contributed by atoms with Gasteiger partial charge in [-0.3, -0.25) is 9.13 Å². The van der Waals surface area contributed by atoms with Crippen molar-refractivity contribution in [1.29, 1.82) is 5.26 Å². The van der Waals surface area contributed by atoms with E-state index in [1.807, 2.05) is 6.07 Å². The molecule has 0 aliphatic carbocycles. The summed E-state index contributed by atoms with van der Waals surface area (Å²) in [7, 11) is -4.95. The molecular weight excluding hydrogens is 463 g/mol. The van der Waals surface area contributed by atoms with E-state index in [9.17, 15) is 19.1 Å². The van der Waals surface area contributed by atoms with Gasteiger partial charge in [-0.05, 0) is 27.2 Å². The molecule has 4 atom stereocenters. The smallest absolute Gasteiger partial charge is 0.365 e. The van der Waals surface area contributed by atoms with E-state index in [4.69, 9.17) is 25.2 Å². The van der Waals surface area contributed by atoms with Gasteiger partial charge in [-0.2, -0.15) is 27.9 Å². The molecule has 2 aromatic heterocycles. The van der Waals surface area contributed by atoms with Gasteiger partial charge in [-0.25, -0.2) is 9.78 Å². The number of thiol groups is 1. The first-order valence-electron chi connectivity index (χ1n) is 9.43. The van der Waals surface area contributed by atoms with Crippen molar-refractivity contribution < 1.29 is 33.4 Å². The van der Waals surface area contributed by atoms with Gasteiger partial charge in [-0.1, -0.05) is 0 Å². The Kier molecular flexibility index (Phi) is 6.80. The van der Waals surface area contributed by atoms with E-state index in [1.54, 1.807) is 25.3 Å². The van der Waals surface area contributed by atoms with Crippen LogP contribution in [0.25, 0.3) is 11.2 Å². The van der Waals surface area contributed by atoms with Crippen LogP contribution in [0, 0.1) is 11.3 Å². The second-order valence-electron chi connectivity index (χ2n) is 8.13. The number of esters is 1. The maximum atomic E-state index is 12.2. The molecule has 1 aliphatic rings. The zero-order chi connectivity index (χ0) is 23.8. The van der Waals surface area contributed by atoms with Crippen LogP contribution < -0.4 is 5.73 Å². The van der Waals surface area contributed by atoms with Gasteiger partial charge >= 0.3 is 13.6 Å². The molecule has 0 spiro atoms. The molecule has 3 heterocycles. The van der Waals surface area contributed by atoms with E-state index in [2.05, 4.69) is 27.6 Å². The third-order valence-corrected chi connectivity index (χ3v) is 5.78. The van der Waals surface area contributed by atoms with Crippen LogP contribution in [0.3, 0.4) is 0 Å². The Morgan fingerprint density at radius 3 is 2.78 bits per heavy atom. The fourth-order valence-electron chi connectivity index (χ4n) is 3.12. The van der Waals surface area contributed by atoms with Gasteiger partial charge in [0.15, 0.2) is 11.5 Å². The van der Waals surface area contributed by atoms with Gasteiger partial charge in [0.1, 0.15) is 23.4 Å². The zero-order valence-electron chi connectivity index (χ0n) is 17.4. The number of ether oxygens (including phenoxy) is 3. The summed E-state index contributed by atoms with van der Waals surface area (Å²) in [6.07, 6.45) is 0.424. The lowest BCUT2D eigenvalue weighted by Crippen LogP contribution is -2.35.